The number of carbonyl (C=O) groups excluding carboxylic acids is 1. The van der Waals surface area contributed by atoms with E-state index in [0.29, 0.717) is 22.3 Å². The van der Waals surface area contributed by atoms with Crippen molar-refractivity contribution in [1.29, 1.82) is 0 Å². The average Bonchev–Trinajstić information content (AvgIpc) is 2.75. The van der Waals surface area contributed by atoms with Crippen LogP contribution in [0.15, 0.2) is 59.5 Å². The van der Waals surface area contributed by atoms with Crippen molar-refractivity contribution in [3.05, 3.63) is 81.8 Å². The van der Waals surface area contributed by atoms with Gasteiger partial charge in [0.05, 0.1) is 5.56 Å². The van der Waals surface area contributed by atoms with Crippen molar-refractivity contribution in [1.82, 2.24) is 15.0 Å². The highest BCUT2D eigenvalue weighted by atomic mass is 19.4. The van der Waals surface area contributed by atoms with Gasteiger partial charge >= 0.3 is 6.18 Å². The van der Waals surface area contributed by atoms with Crippen LogP contribution in [-0.4, -0.2) is 20.9 Å². The van der Waals surface area contributed by atoms with E-state index in [1.807, 2.05) is 6.92 Å². The zero-order chi connectivity index (χ0) is 23.0. The van der Waals surface area contributed by atoms with Crippen LogP contribution in [0, 0.1) is 6.92 Å². The van der Waals surface area contributed by atoms with Crippen molar-refractivity contribution in [2.45, 2.75) is 13.1 Å². The molecule has 0 aliphatic rings. The molecule has 2 heterocycles. The maximum atomic E-state index is 12.9. The van der Waals surface area contributed by atoms with E-state index in [0.717, 1.165) is 17.7 Å². The number of rotatable bonds is 3. The molecule has 0 radical (unpaired) electrons. The minimum absolute atomic E-state index is 0.0220. The summed E-state index contributed by atoms with van der Waals surface area (Å²) in [6.07, 6.45) is -3.12. The molecule has 4 N–H and O–H groups in total. The first-order valence-electron chi connectivity index (χ1n) is 9.37. The van der Waals surface area contributed by atoms with Gasteiger partial charge in [-0.15, -0.1) is 0 Å². The Morgan fingerprint density at radius 2 is 1.91 bits per heavy atom. The number of alkyl halides is 3. The molecule has 0 saturated heterocycles. The van der Waals surface area contributed by atoms with Crippen LogP contribution in [0.2, 0.25) is 0 Å². The summed E-state index contributed by atoms with van der Waals surface area (Å²) in [5.41, 5.74) is 6.41. The van der Waals surface area contributed by atoms with E-state index < -0.39 is 23.2 Å². The predicted molar refractivity (Wildman–Crippen MR) is 114 cm³/mol. The van der Waals surface area contributed by atoms with E-state index in [2.05, 4.69) is 20.3 Å². The monoisotopic (exact) mass is 439 g/mol. The number of nitrogens with two attached hydrogens (primary N) is 1. The number of nitrogen functional groups attached to an aromatic ring is 1. The first kappa shape index (κ1) is 21.0. The molecule has 0 fully saturated rings. The molecule has 2 aromatic heterocycles. The van der Waals surface area contributed by atoms with E-state index in [4.69, 9.17) is 5.73 Å². The number of hydrogen-bond acceptors (Lipinski definition) is 5. The summed E-state index contributed by atoms with van der Waals surface area (Å²) >= 11 is 0. The molecule has 2 aromatic carbocycles. The van der Waals surface area contributed by atoms with Gasteiger partial charge in [0.25, 0.3) is 11.5 Å². The second-order valence-corrected chi connectivity index (χ2v) is 7.11. The molecule has 0 spiro atoms. The minimum atomic E-state index is -4.55. The molecular weight excluding hydrogens is 423 g/mol. The van der Waals surface area contributed by atoms with Crippen LogP contribution in [0.4, 0.5) is 24.8 Å². The van der Waals surface area contributed by atoms with E-state index in [-0.39, 0.29) is 17.0 Å². The largest absolute Gasteiger partial charge is 0.416 e. The van der Waals surface area contributed by atoms with Crippen molar-refractivity contribution in [3.63, 3.8) is 0 Å². The minimum Gasteiger partial charge on any atom is -0.368 e. The topological polar surface area (TPSA) is 114 Å². The number of halogens is 3. The lowest BCUT2D eigenvalue weighted by atomic mass is 10.0. The van der Waals surface area contributed by atoms with Crippen LogP contribution in [0.3, 0.4) is 0 Å². The lowest BCUT2D eigenvalue weighted by Gasteiger charge is -2.12. The number of benzene rings is 2. The molecule has 0 saturated carbocycles. The molecule has 1 amide bonds. The smallest absolute Gasteiger partial charge is 0.368 e. The van der Waals surface area contributed by atoms with Gasteiger partial charge in [0.1, 0.15) is 5.52 Å². The molecule has 32 heavy (non-hydrogen) atoms. The summed E-state index contributed by atoms with van der Waals surface area (Å²) in [4.78, 5) is 35.5. The number of hydrogen-bond donors (Lipinski definition) is 3. The second-order valence-electron chi connectivity index (χ2n) is 7.11. The third-order valence-corrected chi connectivity index (χ3v) is 4.84. The molecule has 0 bridgehead atoms. The number of H-pyrrole nitrogens is 1. The second kappa shape index (κ2) is 7.80. The first-order valence-corrected chi connectivity index (χ1v) is 9.37. The Morgan fingerprint density at radius 3 is 2.66 bits per heavy atom. The maximum absolute atomic E-state index is 12.9. The van der Waals surface area contributed by atoms with Gasteiger partial charge in [-0.05, 0) is 48.9 Å². The molecule has 162 valence electrons. The maximum Gasteiger partial charge on any atom is 0.416 e. The van der Waals surface area contributed by atoms with Crippen LogP contribution in [0.5, 0.6) is 0 Å². The highest BCUT2D eigenvalue weighted by molar-refractivity contribution is 6.04. The molecular formula is C22H16F3N5O2. The Balaban J connectivity index is 1.68. The Morgan fingerprint density at radius 1 is 1.12 bits per heavy atom. The molecule has 0 aliphatic carbocycles. The quantitative estimate of drug-likeness (QED) is 0.444. The summed E-state index contributed by atoms with van der Waals surface area (Å²) in [5.74, 6) is -0.715. The third-order valence-electron chi connectivity index (χ3n) is 4.84. The predicted octanol–water partition coefficient (Wildman–Crippen LogP) is 4.15. The van der Waals surface area contributed by atoms with Gasteiger partial charge in [0.2, 0.25) is 5.95 Å². The summed E-state index contributed by atoms with van der Waals surface area (Å²) in [7, 11) is 0. The van der Waals surface area contributed by atoms with E-state index in [9.17, 15) is 22.8 Å². The molecule has 4 rings (SSSR count). The van der Waals surface area contributed by atoms with Gasteiger partial charge in [-0.25, -0.2) is 9.97 Å². The normalized spacial score (nSPS) is 11.5. The Hall–Kier alpha value is -4.21. The number of aryl methyl sites for hydroxylation is 1. The molecule has 0 atom stereocenters. The molecule has 0 aliphatic heterocycles. The Kier molecular flexibility index (Phi) is 5.13. The number of carbonyl (C=O) groups is 1. The van der Waals surface area contributed by atoms with Crippen molar-refractivity contribution in [3.8, 4) is 11.3 Å². The number of aromatic nitrogens is 3. The fraction of sp³-hybridized carbons (Fsp3) is 0.0909. The van der Waals surface area contributed by atoms with E-state index in [1.54, 1.807) is 24.3 Å². The lowest BCUT2D eigenvalue weighted by molar-refractivity contribution is -0.137. The molecule has 10 heteroatoms. The van der Waals surface area contributed by atoms with Crippen molar-refractivity contribution in [2.75, 3.05) is 11.1 Å². The van der Waals surface area contributed by atoms with Gasteiger partial charge in [0, 0.05) is 34.1 Å². The van der Waals surface area contributed by atoms with Crippen LogP contribution >= 0.6 is 0 Å². The van der Waals surface area contributed by atoms with Crippen LogP contribution in [0.25, 0.3) is 22.2 Å². The SMILES string of the molecule is Cc1ccc(NC(=O)c2cccc(C(F)(F)F)c2)cc1-c1cc2cnc(N)nc2c(=O)[nH]1. The Labute approximate surface area is 179 Å². The zero-order valence-electron chi connectivity index (χ0n) is 16.6. The number of pyridine rings is 1. The summed E-state index contributed by atoms with van der Waals surface area (Å²) in [5, 5.41) is 3.08. The van der Waals surface area contributed by atoms with Crippen molar-refractivity contribution in [2.24, 2.45) is 0 Å². The number of fused-ring (bicyclic) bond motifs is 1. The van der Waals surface area contributed by atoms with E-state index in [1.165, 1.54) is 18.3 Å². The fourth-order valence-corrected chi connectivity index (χ4v) is 3.24. The molecule has 7 nitrogen and oxygen atoms in total. The average molecular weight is 439 g/mol. The van der Waals surface area contributed by atoms with Gasteiger partial charge in [0.15, 0.2) is 0 Å². The van der Waals surface area contributed by atoms with Crippen molar-refractivity contribution >= 4 is 28.4 Å². The number of nitrogens with one attached hydrogen (secondary N) is 2. The first-order chi connectivity index (χ1) is 15.1. The van der Waals surface area contributed by atoms with Crippen LogP contribution in [0.1, 0.15) is 21.5 Å². The van der Waals surface area contributed by atoms with Gasteiger partial charge < -0.3 is 16.0 Å². The number of aromatic amines is 1. The third kappa shape index (κ3) is 4.15. The lowest BCUT2D eigenvalue weighted by Crippen LogP contribution is -2.14. The fourth-order valence-electron chi connectivity index (χ4n) is 3.24. The number of nitrogens with zero attached hydrogens (tertiary/aromatic N) is 2. The molecule has 4 aromatic rings. The summed E-state index contributed by atoms with van der Waals surface area (Å²) < 4.78 is 38.8. The standard InChI is InChI=1S/C22H16F3N5O2/c1-11-5-6-15(28-19(31)12-3-2-4-14(7-12)22(23,24)25)9-16(11)17-8-13-10-27-21(26)30-18(13)20(32)29-17/h2-10H,1H3,(H,28,31)(H,29,32)(H2,26,27,30). The highest BCUT2D eigenvalue weighted by Crippen LogP contribution is 2.30. The van der Waals surface area contributed by atoms with Crippen LogP contribution < -0.4 is 16.6 Å². The summed E-state index contributed by atoms with van der Waals surface area (Å²) in [6, 6.07) is 10.8. The number of amides is 1. The Bertz CT molecular complexity index is 1410. The van der Waals surface area contributed by atoms with Crippen LogP contribution in [-0.2, 0) is 6.18 Å². The van der Waals surface area contributed by atoms with Gasteiger partial charge in [-0.3, -0.25) is 9.59 Å². The van der Waals surface area contributed by atoms with Gasteiger partial charge in [-0.1, -0.05) is 12.1 Å². The van der Waals surface area contributed by atoms with Crippen molar-refractivity contribution < 1.29 is 18.0 Å². The summed E-state index contributed by atoms with van der Waals surface area (Å²) in [6.45, 7) is 1.82. The zero-order valence-corrected chi connectivity index (χ0v) is 16.6. The highest BCUT2D eigenvalue weighted by Gasteiger charge is 2.30. The number of anilines is 2. The van der Waals surface area contributed by atoms with E-state index >= 15 is 0 Å². The molecule has 0 unspecified atom stereocenters. The van der Waals surface area contributed by atoms with Gasteiger partial charge in [-0.2, -0.15) is 13.2 Å².